The Bertz CT molecular complexity index is 236. The zero-order valence-corrected chi connectivity index (χ0v) is 8.14. The van der Waals surface area contributed by atoms with Gasteiger partial charge in [-0.1, -0.05) is 41.1 Å². The van der Waals surface area contributed by atoms with Crippen LogP contribution in [0.5, 0.6) is 0 Å². The van der Waals surface area contributed by atoms with E-state index in [4.69, 9.17) is 0 Å². The van der Waals surface area contributed by atoms with Crippen LogP contribution in [0.25, 0.3) is 0 Å². The third kappa shape index (κ3) is 2.19. The topological polar surface area (TPSA) is 0 Å². The lowest BCUT2D eigenvalue weighted by atomic mass is 10.0. The van der Waals surface area contributed by atoms with Gasteiger partial charge in [0.2, 0.25) is 0 Å². The van der Waals surface area contributed by atoms with Crippen molar-refractivity contribution in [3.63, 3.8) is 0 Å². The molecule has 11 heavy (non-hydrogen) atoms. The molecule has 0 aromatic heterocycles. The van der Waals surface area contributed by atoms with Crippen LogP contribution in [0.1, 0.15) is 18.4 Å². The molecule has 0 aliphatic rings. The van der Waals surface area contributed by atoms with Crippen molar-refractivity contribution in [3.8, 4) is 0 Å². The van der Waals surface area contributed by atoms with E-state index in [0.717, 1.165) is 4.47 Å². The first-order valence-electron chi connectivity index (χ1n) is 3.62. The van der Waals surface area contributed by atoms with Crippen LogP contribution in [-0.4, -0.2) is 0 Å². The van der Waals surface area contributed by atoms with Crippen molar-refractivity contribution in [1.29, 1.82) is 0 Å². The monoisotopic (exact) mass is 210 g/mol. The maximum absolute atomic E-state index is 3.75. The number of halogens is 1. The summed E-state index contributed by atoms with van der Waals surface area (Å²) in [5, 5.41) is 0. The van der Waals surface area contributed by atoms with E-state index in [-0.39, 0.29) is 0 Å². The van der Waals surface area contributed by atoms with E-state index in [1.54, 1.807) is 0 Å². The molecule has 0 spiro atoms. The van der Waals surface area contributed by atoms with Gasteiger partial charge in [0.15, 0.2) is 0 Å². The molecule has 0 radical (unpaired) electrons. The van der Waals surface area contributed by atoms with Gasteiger partial charge in [-0.2, -0.15) is 0 Å². The quantitative estimate of drug-likeness (QED) is 0.653. The van der Waals surface area contributed by atoms with Crippen molar-refractivity contribution in [2.75, 3.05) is 0 Å². The van der Waals surface area contributed by atoms with Gasteiger partial charge in [0.25, 0.3) is 0 Å². The lowest BCUT2D eigenvalue weighted by molar-refractivity contribution is 0.971. The van der Waals surface area contributed by atoms with Crippen molar-refractivity contribution in [2.45, 2.75) is 12.8 Å². The van der Waals surface area contributed by atoms with Crippen LogP contribution in [0, 0.1) is 0 Å². The first-order chi connectivity index (χ1) is 5.24. The SMILES string of the molecule is C=C[C@@H](C)c1ccc(Br)cc1. The van der Waals surface area contributed by atoms with Gasteiger partial charge < -0.3 is 0 Å². The lowest BCUT2D eigenvalue weighted by Crippen LogP contribution is -1.86. The fourth-order valence-corrected chi connectivity index (χ4v) is 1.17. The molecule has 1 aromatic carbocycles. The van der Waals surface area contributed by atoms with Crippen LogP contribution in [0.4, 0.5) is 0 Å². The maximum atomic E-state index is 3.75. The predicted molar refractivity (Wildman–Crippen MR) is 52.8 cm³/mol. The molecular weight excluding hydrogens is 200 g/mol. The molecule has 0 bridgehead atoms. The molecule has 1 aromatic rings. The largest absolute Gasteiger partial charge is 0.102 e. The Hall–Kier alpha value is -0.560. The summed E-state index contributed by atoms with van der Waals surface area (Å²) in [7, 11) is 0. The normalized spacial score (nSPS) is 12.5. The third-order valence-electron chi connectivity index (χ3n) is 1.75. The van der Waals surface area contributed by atoms with E-state index in [2.05, 4.69) is 53.7 Å². The Morgan fingerprint density at radius 3 is 2.36 bits per heavy atom. The van der Waals surface area contributed by atoms with Gasteiger partial charge in [0.1, 0.15) is 0 Å². The van der Waals surface area contributed by atoms with Gasteiger partial charge in [0, 0.05) is 4.47 Å². The predicted octanol–water partition coefficient (Wildman–Crippen LogP) is 3.74. The van der Waals surface area contributed by atoms with E-state index in [1.165, 1.54) is 5.56 Å². The van der Waals surface area contributed by atoms with E-state index < -0.39 is 0 Å². The second-order valence-electron chi connectivity index (χ2n) is 2.58. The van der Waals surface area contributed by atoms with Crippen LogP contribution in [0.3, 0.4) is 0 Å². The van der Waals surface area contributed by atoms with Crippen LogP contribution in [-0.2, 0) is 0 Å². The summed E-state index contributed by atoms with van der Waals surface area (Å²) in [5.74, 6) is 0.447. The van der Waals surface area contributed by atoms with E-state index in [1.807, 2.05) is 6.08 Å². The summed E-state index contributed by atoms with van der Waals surface area (Å²) < 4.78 is 1.12. The molecule has 0 heterocycles. The van der Waals surface area contributed by atoms with Crippen molar-refractivity contribution < 1.29 is 0 Å². The number of hydrogen-bond acceptors (Lipinski definition) is 0. The van der Waals surface area contributed by atoms with Gasteiger partial charge in [0.05, 0.1) is 0 Å². The number of rotatable bonds is 2. The van der Waals surface area contributed by atoms with E-state index in [9.17, 15) is 0 Å². The molecule has 1 rings (SSSR count). The van der Waals surface area contributed by atoms with Gasteiger partial charge in [-0.25, -0.2) is 0 Å². The smallest absolute Gasteiger partial charge is 0.0175 e. The first kappa shape index (κ1) is 8.54. The van der Waals surface area contributed by atoms with Gasteiger partial charge >= 0.3 is 0 Å². The highest BCUT2D eigenvalue weighted by Crippen LogP contribution is 2.18. The molecule has 0 aliphatic carbocycles. The Kier molecular flexibility index (Phi) is 2.89. The molecular formula is C10H11Br. The standard InChI is InChI=1S/C10H11Br/c1-3-8(2)9-4-6-10(11)7-5-9/h3-8H,1H2,2H3/t8-/m1/s1. The fourth-order valence-electron chi connectivity index (χ4n) is 0.902. The molecule has 0 N–H and O–H groups in total. The minimum Gasteiger partial charge on any atom is -0.102 e. The summed E-state index contributed by atoms with van der Waals surface area (Å²) in [4.78, 5) is 0. The summed E-state index contributed by atoms with van der Waals surface area (Å²) in [5.41, 5.74) is 1.31. The molecule has 1 atom stereocenters. The molecule has 0 amide bonds. The van der Waals surface area contributed by atoms with Crippen molar-refractivity contribution in [2.24, 2.45) is 0 Å². The Morgan fingerprint density at radius 2 is 1.91 bits per heavy atom. The zero-order chi connectivity index (χ0) is 8.27. The number of benzene rings is 1. The minimum absolute atomic E-state index is 0.447. The van der Waals surface area contributed by atoms with Crippen molar-refractivity contribution in [3.05, 3.63) is 47.0 Å². The molecule has 0 saturated carbocycles. The Balaban J connectivity index is 2.89. The third-order valence-corrected chi connectivity index (χ3v) is 2.28. The zero-order valence-electron chi connectivity index (χ0n) is 6.55. The van der Waals surface area contributed by atoms with Crippen LogP contribution in [0.15, 0.2) is 41.4 Å². The highest BCUT2D eigenvalue weighted by Gasteiger charge is 1.98. The molecule has 58 valence electrons. The maximum Gasteiger partial charge on any atom is 0.0175 e. The second-order valence-corrected chi connectivity index (χ2v) is 3.49. The Morgan fingerprint density at radius 1 is 1.36 bits per heavy atom. The molecule has 0 fully saturated rings. The highest BCUT2D eigenvalue weighted by atomic mass is 79.9. The fraction of sp³-hybridized carbons (Fsp3) is 0.200. The van der Waals surface area contributed by atoms with E-state index in [0.29, 0.717) is 5.92 Å². The van der Waals surface area contributed by atoms with Crippen LogP contribution < -0.4 is 0 Å². The van der Waals surface area contributed by atoms with Crippen molar-refractivity contribution in [1.82, 2.24) is 0 Å². The highest BCUT2D eigenvalue weighted by molar-refractivity contribution is 9.10. The summed E-state index contributed by atoms with van der Waals surface area (Å²) in [6.45, 7) is 5.88. The van der Waals surface area contributed by atoms with Crippen LogP contribution >= 0.6 is 15.9 Å². The van der Waals surface area contributed by atoms with Gasteiger partial charge in [-0.3, -0.25) is 0 Å². The average Bonchev–Trinajstić information content (AvgIpc) is 2.05. The minimum atomic E-state index is 0.447. The summed E-state index contributed by atoms with van der Waals surface area (Å²) in [6.07, 6.45) is 1.95. The van der Waals surface area contributed by atoms with Crippen molar-refractivity contribution >= 4 is 15.9 Å². The van der Waals surface area contributed by atoms with E-state index >= 15 is 0 Å². The van der Waals surface area contributed by atoms with Gasteiger partial charge in [-0.05, 0) is 23.6 Å². The molecule has 0 saturated heterocycles. The Labute approximate surface area is 76.1 Å². The average molecular weight is 211 g/mol. The lowest BCUT2D eigenvalue weighted by Gasteiger charge is -2.04. The number of allylic oxidation sites excluding steroid dienone is 1. The molecule has 0 aliphatic heterocycles. The second kappa shape index (κ2) is 3.72. The van der Waals surface area contributed by atoms with Crippen LogP contribution in [0.2, 0.25) is 0 Å². The summed E-state index contributed by atoms with van der Waals surface area (Å²) in [6, 6.07) is 8.32. The molecule has 0 nitrogen and oxygen atoms in total. The molecule has 0 unspecified atom stereocenters. The van der Waals surface area contributed by atoms with Gasteiger partial charge in [-0.15, -0.1) is 6.58 Å². The summed E-state index contributed by atoms with van der Waals surface area (Å²) >= 11 is 3.39. The number of hydrogen-bond donors (Lipinski definition) is 0. The molecule has 1 heteroatoms. The first-order valence-corrected chi connectivity index (χ1v) is 4.41.